The fourth-order valence-electron chi connectivity index (χ4n) is 2.25. The van der Waals surface area contributed by atoms with E-state index in [2.05, 4.69) is 21.4 Å². The fourth-order valence-corrected chi connectivity index (χ4v) is 2.67. The first-order valence-corrected chi connectivity index (χ1v) is 7.45. The van der Waals surface area contributed by atoms with Crippen LogP contribution in [0.2, 0.25) is 0 Å². The molecule has 5 heteroatoms. The van der Waals surface area contributed by atoms with Crippen LogP contribution in [0.1, 0.15) is 11.1 Å². The molecule has 0 aliphatic carbocycles. The highest BCUT2D eigenvalue weighted by molar-refractivity contribution is 9.10. The SMILES string of the molecule is COc1cccc(CC(Cc2cccc(F)c2Br)NN)c1. The Hall–Kier alpha value is -1.43. The van der Waals surface area contributed by atoms with Crippen LogP contribution in [0.4, 0.5) is 4.39 Å². The molecule has 2 aromatic rings. The van der Waals surface area contributed by atoms with Crippen molar-refractivity contribution in [2.45, 2.75) is 18.9 Å². The van der Waals surface area contributed by atoms with E-state index in [0.29, 0.717) is 10.9 Å². The number of benzene rings is 2. The Balaban J connectivity index is 2.11. The van der Waals surface area contributed by atoms with Gasteiger partial charge in [0.1, 0.15) is 11.6 Å². The average molecular weight is 353 g/mol. The molecule has 0 bridgehead atoms. The van der Waals surface area contributed by atoms with E-state index < -0.39 is 0 Å². The maximum absolute atomic E-state index is 13.5. The van der Waals surface area contributed by atoms with Crippen LogP contribution >= 0.6 is 15.9 Å². The maximum atomic E-state index is 13.5. The lowest BCUT2D eigenvalue weighted by molar-refractivity contribution is 0.413. The molecule has 21 heavy (non-hydrogen) atoms. The number of hydrogen-bond donors (Lipinski definition) is 2. The van der Waals surface area contributed by atoms with Crippen molar-refractivity contribution in [2.24, 2.45) is 5.84 Å². The number of rotatable bonds is 6. The quantitative estimate of drug-likeness (QED) is 0.619. The van der Waals surface area contributed by atoms with Crippen molar-refractivity contribution in [2.75, 3.05) is 7.11 Å². The second-order valence-corrected chi connectivity index (χ2v) is 5.63. The summed E-state index contributed by atoms with van der Waals surface area (Å²) >= 11 is 3.28. The largest absolute Gasteiger partial charge is 0.497 e. The molecular formula is C16H18BrFN2O. The lowest BCUT2D eigenvalue weighted by Crippen LogP contribution is -2.38. The normalized spacial score (nSPS) is 12.2. The van der Waals surface area contributed by atoms with E-state index >= 15 is 0 Å². The van der Waals surface area contributed by atoms with Crippen LogP contribution in [0.25, 0.3) is 0 Å². The molecule has 0 heterocycles. The van der Waals surface area contributed by atoms with Crippen LogP contribution in [0, 0.1) is 5.82 Å². The molecule has 0 fully saturated rings. The second-order valence-electron chi connectivity index (χ2n) is 4.84. The summed E-state index contributed by atoms with van der Waals surface area (Å²) in [6, 6.07) is 12.9. The molecule has 2 aromatic carbocycles. The number of hydrogen-bond acceptors (Lipinski definition) is 3. The van der Waals surface area contributed by atoms with Gasteiger partial charge in [-0.3, -0.25) is 11.3 Å². The summed E-state index contributed by atoms with van der Waals surface area (Å²) in [7, 11) is 1.64. The van der Waals surface area contributed by atoms with Crippen molar-refractivity contribution in [1.82, 2.24) is 5.43 Å². The van der Waals surface area contributed by atoms with E-state index in [-0.39, 0.29) is 11.9 Å². The molecule has 3 nitrogen and oxygen atoms in total. The molecule has 2 rings (SSSR count). The number of halogens is 2. The molecule has 0 radical (unpaired) electrons. The predicted molar refractivity (Wildman–Crippen MR) is 85.6 cm³/mol. The molecular weight excluding hydrogens is 335 g/mol. The molecule has 1 atom stereocenters. The van der Waals surface area contributed by atoms with Gasteiger partial charge in [-0.1, -0.05) is 24.3 Å². The summed E-state index contributed by atoms with van der Waals surface area (Å²) in [6.45, 7) is 0. The summed E-state index contributed by atoms with van der Waals surface area (Å²) in [6.07, 6.45) is 1.36. The van der Waals surface area contributed by atoms with Crippen LogP contribution < -0.4 is 16.0 Å². The molecule has 0 aliphatic rings. The van der Waals surface area contributed by atoms with Crippen LogP contribution in [0.5, 0.6) is 5.75 Å². The zero-order valence-electron chi connectivity index (χ0n) is 11.8. The Morgan fingerprint density at radius 1 is 1.24 bits per heavy atom. The predicted octanol–water partition coefficient (Wildman–Crippen LogP) is 3.21. The molecule has 0 aromatic heterocycles. The molecule has 112 valence electrons. The fraction of sp³-hybridized carbons (Fsp3) is 0.250. The number of methoxy groups -OCH3 is 1. The molecule has 0 saturated heterocycles. The monoisotopic (exact) mass is 352 g/mol. The smallest absolute Gasteiger partial charge is 0.137 e. The van der Waals surface area contributed by atoms with Gasteiger partial charge < -0.3 is 4.74 Å². The van der Waals surface area contributed by atoms with Crippen molar-refractivity contribution < 1.29 is 9.13 Å². The number of ether oxygens (including phenoxy) is 1. The van der Waals surface area contributed by atoms with Gasteiger partial charge in [-0.2, -0.15) is 0 Å². The van der Waals surface area contributed by atoms with Gasteiger partial charge >= 0.3 is 0 Å². The van der Waals surface area contributed by atoms with E-state index in [9.17, 15) is 4.39 Å². The van der Waals surface area contributed by atoms with E-state index in [1.807, 2.05) is 30.3 Å². The van der Waals surface area contributed by atoms with Crippen molar-refractivity contribution in [3.63, 3.8) is 0 Å². The van der Waals surface area contributed by atoms with Gasteiger partial charge in [0, 0.05) is 6.04 Å². The third kappa shape index (κ3) is 4.27. The number of nitrogens with one attached hydrogen (secondary N) is 1. The molecule has 0 saturated carbocycles. The first kappa shape index (κ1) is 15.9. The third-order valence-electron chi connectivity index (χ3n) is 3.35. The average Bonchev–Trinajstić information content (AvgIpc) is 2.51. The Morgan fingerprint density at radius 3 is 2.71 bits per heavy atom. The maximum Gasteiger partial charge on any atom is 0.137 e. The highest BCUT2D eigenvalue weighted by atomic mass is 79.9. The van der Waals surface area contributed by atoms with Gasteiger partial charge in [0.25, 0.3) is 0 Å². The Kier molecular flexibility index (Phi) is 5.73. The first-order valence-electron chi connectivity index (χ1n) is 6.66. The van der Waals surface area contributed by atoms with Gasteiger partial charge in [-0.15, -0.1) is 0 Å². The minimum atomic E-state index is -0.260. The second kappa shape index (κ2) is 7.54. The van der Waals surface area contributed by atoms with Crippen LogP contribution in [0.15, 0.2) is 46.9 Å². The zero-order valence-corrected chi connectivity index (χ0v) is 13.4. The van der Waals surface area contributed by atoms with Gasteiger partial charge in [0.2, 0.25) is 0 Å². The highest BCUT2D eigenvalue weighted by Gasteiger charge is 2.13. The van der Waals surface area contributed by atoms with Crippen LogP contribution in [0.3, 0.4) is 0 Å². The molecule has 0 amide bonds. The summed E-state index contributed by atoms with van der Waals surface area (Å²) in [5.41, 5.74) is 4.80. The van der Waals surface area contributed by atoms with E-state index in [1.54, 1.807) is 13.2 Å². The van der Waals surface area contributed by atoms with E-state index in [0.717, 1.165) is 23.3 Å². The van der Waals surface area contributed by atoms with Gasteiger partial charge in [0.15, 0.2) is 0 Å². The van der Waals surface area contributed by atoms with Crippen molar-refractivity contribution in [1.29, 1.82) is 0 Å². The first-order chi connectivity index (χ1) is 10.1. The molecule has 1 unspecified atom stereocenters. The van der Waals surface area contributed by atoms with E-state index in [1.165, 1.54) is 6.07 Å². The Bertz CT molecular complexity index is 607. The standard InChI is InChI=1S/C16H18BrFN2O/c1-21-14-6-2-4-11(9-14)8-13(20-19)10-12-5-3-7-15(18)16(12)17/h2-7,9,13,20H,8,10,19H2,1H3. The van der Waals surface area contributed by atoms with Crippen LogP contribution in [-0.2, 0) is 12.8 Å². The van der Waals surface area contributed by atoms with Gasteiger partial charge in [0.05, 0.1) is 11.6 Å². The van der Waals surface area contributed by atoms with Gasteiger partial charge in [-0.05, 0) is 58.1 Å². The number of hydrazine groups is 1. The Labute approximate surface area is 132 Å². The third-order valence-corrected chi connectivity index (χ3v) is 4.24. The number of nitrogens with two attached hydrogens (primary N) is 1. The molecule has 3 N–H and O–H groups in total. The van der Waals surface area contributed by atoms with Gasteiger partial charge in [-0.25, -0.2) is 4.39 Å². The molecule has 0 aliphatic heterocycles. The molecule has 0 spiro atoms. The highest BCUT2D eigenvalue weighted by Crippen LogP contribution is 2.22. The van der Waals surface area contributed by atoms with Crippen LogP contribution in [-0.4, -0.2) is 13.2 Å². The Morgan fingerprint density at radius 2 is 2.00 bits per heavy atom. The zero-order chi connectivity index (χ0) is 15.2. The summed E-state index contributed by atoms with van der Waals surface area (Å²) in [4.78, 5) is 0. The summed E-state index contributed by atoms with van der Waals surface area (Å²) in [5, 5.41) is 0. The summed E-state index contributed by atoms with van der Waals surface area (Å²) in [5.74, 6) is 6.19. The lowest BCUT2D eigenvalue weighted by Gasteiger charge is -2.17. The van der Waals surface area contributed by atoms with E-state index in [4.69, 9.17) is 10.6 Å². The van der Waals surface area contributed by atoms with Crippen molar-refractivity contribution >= 4 is 15.9 Å². The topological polar surface area (TPSA) is 47.3 Å². The lowest BCUT2D eigenvalue weighted by atomic mass is 9.99. The summed E-state index contributed by atoms with van der Waals surface area (Å²) < 4.78 is 19.3. The van der Waals surface area contributed by atoms with Crippen molar-refractivity contribution in [3.8, 4) is 5.75 Å². The minimum Gasteiger partial charge on any atom is -0.497 e. The van der Waals surface area contributed by atoms with Crippen molar-refractivity contribution in [3.05, 3.63) is 63.9 Å². The minimum absolute atomic E-state index is 0.00945.